The number of halogens is 1. The SMILES string of the molecule is N#CCC1CCc2cc(F)ccc21. The number of nitrogens with zero attached hydrogens (tertiary/aromatic N) is 1. The van der Waals surface area contributed by atoms with Gasteiger partial charge in [0.25, 0.3) is 0 Å². The third-order valence-electron chi connectivity index (χ3n) is 2.64. The molecule has 0 fully saturated rings. The van der Waals surface area contributed by atoms with E-state index >= 15 is 0 Å². The van der Waals surface area contributed by atoms with Gasteiger partial charge >= 0.3 is 0 Å². The summed E-state index contributed by atoms with van der Waals surface area (Å²) in [7, 11) is 0. The van der Waals surface area contributed by atoms with Crippen LogP contribution in [0.4, 0.5) is 4.39 Å². The first-order chi connectivity index (χ1) is 6.31. The lowest BCUT2D eigenvalue weighted by atomic mass is 9.99. The van der Waals surface area contributed by atoms with Crippen molar-refractivity contribution in [3.63, 3.8) is 0 Å². The number of fused-ring (bicyclic) bond motifs is 1. The second-order valence-corrected chi connectivity index (χ2v) is 3.44. The molecule has 0 saturated heterocycles. The van der Waals surface area contributed by atoms with Crippen LogP contribution in [0.3, 0.4) is 0 Å². The molecule has 0 amide bonds. The number of rotatable bonds is 1. The molecular weight excluding hydrogens is 165 g/mol. The molecule has 0 aromatic heterocycles. The van der Waals surface area contributed by atoms with Crippen LogP contribution in [0.15, 0.2) is 18.2 Å². The van der Waals surface area contributed by atoms with E-state index in [-0.39, 0.29) is 5.82 Å². The summed E-state index contributed by atoms with van der Waals surface area (Å²) in [6.45, 7) is 0. The Bertz CT molecular complexity index is 365. The third-order valence-corrected chi connectivity index (χ3v) is 2.64. The Labute approximate surface area is 76.8 Å². The van der Waals surface area contributed by atoms with Gasteiger partial charge < -0.3 is 0 Å². The van der Waals surface area contributed by atoms with Gasteiger partial charge in [-0.05, 0) is 42.0 Å². The van der Waals surface area contributed by atoms with E-state index in [9.17, 15) is 4.39 Å². The molecule has 0 radical (unpaired) electrons. The van der Waals surface area contributed by atoms with Crippen molar-refractivity contribution in [1.29, 1.82) is 5.26 Å². The van der Waals surface area contributed by atoms with Crippen LogP contribution in [0.5, 0.6) is 0 Å². The molecule has 0 heterocycles. The number of hydrogen-bond acceptors (Lipinski definition) is 1. The van der Waals surface area contributed by atoms with E-state index < -0.39 is 0 Å². The number of benzene rings is 1. The predicted octanol–water partition coefficient (Wildman–Crippen LogP) is 2.77. The molecule has 0 aliphatic heterocycles. The first-order valence-electron chi connectivity index (χ1n) is 4.46. The highest BCUT2D eigenvalue weighted by Crippen LogP contribution is 2.35. The Morgan fingerprint density at radius 1 is 1.54 bits per heavy atom. The molecule has 1 unspecified atom stereocenters. The highest BCUT2D eigenvalue weighted by Gasteiger charge is 2.21. The standard InChI is InChI=1S/C11H10FN/c12-10-3-4-11-8(5-6-13)1-2-9(11)7-10/h3-4,7-8H,1-2,5H2. The summed E-state index contributed by atoms with van der Waals surface area (Å²) < 4.78 is 12.8. The molecular formula is C11H10FN. The maximum atomic E-state index is 12.8. The maximum absolute atomic E-state index is 12.8. The van der Waals surface area contributed by atoms with Crippen LogP contribution in [0.25, 0.3) is 0 Å². The quantitative estimate of drug-likeness (QED) is 0.643. The summed E-state index contributed by atoms with van der Waals surface area (Å²) in [6, 6.07) is 7.06. The normalized spacial score (nSPS) is 19.5. The zero-order chi connectivity index (χ0) is 9.26. The third kappa shape index (κ3) is 1.42. The fourth-order valence-electron chi connectivity index (χ4n) is 2.00. The molecule has 1 aromatic carbocycles. The van der Waals surface area contributed by atoms with Crippen LogP contribution >= 0.6 is 0 Å². The fourth-order valence-corrected chi connectivity index (χ4v) is 2.00. The van der Waals surface area contributed by atoms with Crippen LogP contribution in [0.2, 0.25) is 0 Å². The number of hydrogen-bond donors (Lipinski definition) is 0. The zero-order valence-corrected chi connectivity index (χ0v) is 7.26. The van der Waals surface area contributed by atoms with Crippen molar-refractivity contribution in [2.45, 2.75) is 25.2 Å². The molecule has 13 heavy (non-hydrogen) atoms. The van der Waals surface area contributed by atoms with Crippen molar-refractivity contribution >= 4 is 0 Å². The van der Waals surface area contributed by atoms with Gasteiger partial charge in [0.2, 0.25) is 0 Å². The summed E-state index contributed by atoms with van der Waals surface area (Å²) in [5.41, 5.74) is 2.25. The van der Waals surface area contributed by atoms with Crippen LogP contribution in [0, 0.1) is 17.1 Å². The van der Waals surface area contributed by atoms with Gasteiger partial charge in [-0.1, -0.05) is 6.07 Å². The van der Waals surface area contributed by atoms with E-state index in [0.29, 0.717) is 12.3 Å². The molecule has 0 saturated carbocycles. The topological polar surface area (TPSA) is 23.8 Å². The average molecular weight is 175 g/mol. The fraction of sp³-hybridized carbons (Fsp3) is 0.364. The van der Waals surface area contributed by atoms with Gasteiger partial charge in [0.05, 0.1) is 6.07 Å². The molecule has 1 aliphatic carbocycles. The second kappa shape index (κ2) is 3.18. The summed E-state index contributed by atoms with van der Waals surface area (Å²) >= 11 is 0. The first kappa shape index (κ1) is 8.25. The minimum atomic E-state index is -0.170. The van der Waals surface area contributed by atoms with E-state index in [4.69, 9.17) is 5.26 Å². The maximum Gasteiger partial charge on any atom is 0.123 e. The molecule has 2 rings (SSSR count). The Kier molecular flexibility index (Phi) is 2.02. The van der Waals surface area contributed by atoms with Crippen molar-refractivity contribution < 1.29 is 4.39 Å². The summed E-state index contributed by atoms with van der Waals surface area (Å²) in [6.07, 6.45) is 2.46. The Morgan fingerprint density at radius 3 is 3.15 bits per heavy atom. The zero-order valence-electron chi connectivity index (χ0n) is 7.26. The summed E-state index contributed by atoms with van der Waals surface area (Å²) in [4.78, 5) is 0. The molecule has 0 spiro atoms. The van der Waals surface area contributed by atoms with Crippen LogP contribution < -0.4 is 0 Å². The number of nitriles is 1. The Hall–Kier alpha value is -1.36. The smallest absolute Gasteiger partial charge is 0.123 e. The van der Waals surface area contributed by atoms with Crippen molar-refractivity contribution in [2.24, 2.45) is 0 Å². The molecule has 1 nitrogen and oxygen atoms in total. The number of aryl methyl sites for hydroxylation is 1. The van der Waals surface area contributed by atoms with E-state index in [2.05, 4.69) is 6.07 Å². The monoisotopic (exact) mass is 175 g/mol. The van der Waals surface area contributed by atoms with Crippen molar-refractivity contribution in [3.05, 3.63) is 35.1 Å². The van der Waals surface area contributed by atoms with Gasteiger partial charge in [-0.3, -0.25) is 0 Å². The van der Waals surface area contributed by atoms with Crippen LogP contribution in [0.1, 0.15) is 29.9 Å². The van der Waals surface area contributed by atoms with E-state index in [1.807, 2.05) is 6.07 Å². The molecule has 1 atom stereocenters. The summed E-state index contributed by atoms with van der Waals surface area (Å²) in [5.74, 6) is 0.164. The van der Waals surface area contributed by atoms with E-state index in [1.165, 1.54) is 11.6 Å². The Morgan fingerprint density at radius 2 is 2.38 bits per heavy atom. The van der Waals surface area contributed by atoms with Gasteiger partial charge in [-0.25, -0.2) is 4.39 Å². The van der Waals surface area contributed by atoms with E-state index in [1.54, 1.807) is 6.07 Å². The second-order valence-electron chi connectivity index (χ2n) is 3.44. The largest absolute Gasteiger partial charge is 0.207 e. The lowest BCUT2D eigenvalue weighted by molar-refractivity contribution is 0.625. The molecule has 1 aromatic rings. The lowest BCUT2D eigenvalue weighted by Gasteiger charge is -2.05. The molecule has 0 bridgehead atoms. The van der Waals surface area contributed by atoms with Gasteiger partial charge in [-0.15, -0.1) is 0 Å². The van der Waals surface area contributed by atoms with Gasteiger partial charge in [0, 0.05) is 6.42 Å². The van der Waals surface area contributed by atoms with Gasteiger partial charge in [-0.2, -0.15) is 5.26 Å². The van der Waals surface area contributed by atoms with Crippen LogP contribution in [-0.2, 0) is 6.42 Å². The lowest BCUT2D eigenvalue weighted by Crippen LogP contribution is -1.91. The molecule has 2 heteroatoms. The molecule has 1 aliphatic rings. The van der Waals surface area contributed by atoms with E-state index in [0.717, 1.165) is 18.4 Å². The first-order valence-corrected chi connectivity index (χ1v) is 4.46. The van der Waals surface area contributed by atoms with Crippen molar-refractivity contribution in [2.75, 3.05) is 0 Å². The predicted molar refractivity (Wildman–Crippen MR) is 47.7 cm³/mol. The van der Waals surface area contributed by atoms with Crippen LogP contribution in [-0.4, -0.2) is 0 Å². The van der Waals surface area contributed by atoms with Gasteiger partial charge in [0.1, 0.15) is 5.82 Å². The highest BCUT2D eigenvalue weighted by molar-refractivity contribution is 5.35. The molecule has 0 N–H and O–H groups in total. The average Bonchev–Trinajstić information content (AvgIpc) is 2.49. The van der Waals surface area contributed by atoms with Crippen molar-refractivity contribution in [1.82, 2.24) is 0 Å². The molecule has 66 valence electrons. The highest BCUT2D eigenvalue weighted by atomic mass is 19.1. The summed E-state index contributed by atoms with van der Waals surface area (Å²) in [5, 5.41) is 8.58. The minimum absolute atomic E-state index is 0.170. The Balaban J connectivity index is 2.34. The van der Waals surface area contributed by atoms with Crippen molar-refractivity contribution in [3.8, 4) is 6.07 Å². The van der Waals surface area contributed by atoms with Gasteiger partial charge in [0.15, 0.2) is 0 Å². The minimum Gasteiger partial charge on any atom is -0.207 e.